The first kappa shape index (κ1) is 11.5. The average molecular weight is 211 g/mol. The van der Waals surface area contributed by atoms with Crippen LogP contribution in [0, 0.1) is 0 Å². The van der Waals surface area contributed by atoms with Crippen molar-refractivity contribution in [2.24, 2.45) is 0 Å². The Morgan fingerprint density at radius 2 is 1.91 bits per heavy atom. The zero-order valence-electron chi connectivity index (χ0n) is 6.99. The van der Waals surface area contributed by atoms with Crippen molar-refractivity contribution < 1.29 is 4.79 Å². The van der Waals surface area contributed by atoms with Gasteiger partial charge in [-0.05, 0) is 30.3 Å². The van der Waals surface area contributed by atoms with Crippen LogP contribution in [0.15, 0.2) is 0 Å². The van der Waals surface area contributed by atoms with Gasteiger partial charge in [-0.3, -0.25) is 4.79 Å². The molecule has 0 aliphatic carbocycles. The van der Waals surface area contributed by atoms with Gasteiger partial charge in [-0.2, -0.15) is 0 Å². The molecule has 0 unspecified atom stereocenters. The van der Waals surface area contributed by atoms with Crippen molar-refractivity contribution in [2.75, 3.05) is 18.3 Å². The lowest BCUT2D eigenvalue weighted by Crippen LogP contribution is -2.10. The molecule has 0 saturated heterocycles. The van der Waals surface area contributed by atoms with Crippen molar-refractivity contribution in [2.45, 2.75) is 13.3 Å². The van der Waals surface area contributed by atoms with E-state index in [1.807, 2.05) is 12.5 Å². The van der Waals surface area contributed by atoms with Crippen molar-refractivity contribution in [3.8, 4) is 0 Å². The molecule has 0 radical (unpaired) electrons. The van der Waals surface area contributed by atoms with E-state index in [0.717, 1.165) is 12.2 Å². The Hall–Kier alpha value is 0.520. The highest BCUT2D eigenvalue weighted by molar-refractivity contribution is 8.19. The summed E-state index contributed by atoms with van der Waals surface area (Å²) in [6.07, 6.45) is 4.86. The van der Waals surface area contributed by atoms with Crippen LogP contribution in [0.4, 0.5) is 4.79 Å². The van der Waals surface area contributed by atoms with Gasteiger partial charge in [-0.15, -0.1) is 0 Å². The first-order valence-corrected chi connectivity index (χ1v) is 6.66. The van der Waals surface area contributed by atoms with Crippen LogP contribution >= 0.6 is 35.7 Å². The van der Waals surface area contributed by atoms with Crippen LogP contribution in [0.2, 0.25) is 0 Å². The smallest absolute Gasteiger partial charge is 0.260 e. The molecule has 0 saturated carbocycles. The highest BCUT2D eigenvalue weighted by atomic mass is 32.2. The minimum Gasteiger partial charge on any atom is -0.260 e. The molecule has 0 aliphatic heterocycles. The Kier molecular flexibility index (Phi) is 7.52. The normalized spacial score (nSPS) is 9.73. The molecule has 11 heavy (non-hydrogen) atoms. The third kappa shape index (κ3) is 4.87. The Morgan fingerprint density at radius 1 is 1.36 bits per heavy atom. The maximum Gasteiger partial charge on any atom is 0.301 e. The molecule has 0 N–H and O–H groups in total. The summed E-state index contributed by atoms with van der Waals surface area (Å²) in [4.78, 5) is 11.2. The van der Waals surface area contributed by atoms with Crippen molar-refractivity contribution in [1.82, 2.24) is 3.71 Å². The SMILES string of the molecule is CCCSC(=O)N(SC)SC. The third-order valence-corrected chi connectivity index (χ3v) is 4.07. The molecule has 0 aromatic rings. The van der Waals surface area contributed by atoms with Crippen molar-refractivity contribution in [3.63, 3.8) is 0 Å². The fraction of sp³-hybridized carbons (Fsp3) is 0.833. The van der Waals surface area contributed by atoms with Crippen molar-refractivity contribution >= 4 is 40.9 Å². The van der Waals surface area contributed by atoms with Gasteiger partial charge in [0.05, 0.1) is 0 Å². The van der Waals surface area contributed by atoms with Crippen LogP contribution in [0.1, 0.15) is 13.3 Å². The van der Waals surface area contributed by atoms with E-state index >= 15 is 0 Å². The first-order chi connectivity index (χ1) is 5.26. The molecule has 0 aromatic heterocycles. The maximum absolute atomic E-state index is 11.2. The molecular weight excluding hydrogens is 198 g/mol. The minimum absolute atomic E-state index is 0.145. The lowest BCUT2D eigenvalue weighted by Gasteiger charge is -2.13. The summed E-state index contributed by atoms with van der Waals surface area (Å²) in [6.45, 7) is 2.07. The molecule has 0 aromatic carbocycles. The highest BCUT2D eigenvalue weighted by Gasteiger charge is 2.10. The molecule has 0 bridgehead atoms. The lowest BCUT2D eigenvalue weighted by molar-refractivity contribution is 0.259. The van der Waals surface area contributed by atoms with E-state index in [1.165, 1.54) is 35.7 Å². The Bertz CT molecular complexity index is 116. The summed E-state index contributed by atoms with van der Waals surface area (Å²) in [5.74, 6) is 0.913. The van der Waals surface area contributed by atoms with Gasteiger partial charge in [-0.1, -0.05) is 18.7 Å². The van der Waals surface area contributed by atoms with E-state index in [0.29, 0.717) is 0 Å². The quantitative estimate of drug-likeness (QED) is 0.666. The molecule has 0 spiro atoms. The molecule has 0 fully saturated rings. The number of carbonyl (C=O) groups is 1. The molecule has 0 heterocycles. The van der Waals surface area contributed by atoms with Gasteiger partial charge < -0.3 is 0 Å². The second kappa shape index (κ2) is 7.18. The molecular formula is C6H13NOS3. The number of thioether (sulfide) groups is 1. The number of hydrogen-bond acceptors (Lipinski definition) is 4. The van der Waals surface area contributed by atoms with Crippen LogP contribution in [0.25, 0.3) is 0 Å². The van der Waals surface area contributed by atoms with Crippen LogP contribution in [0.5, 0.6) is 0 Å². The highest BCUT2D eigenvalue weighted by Crippen LogP contribution is 2.23. The van der Waals surface area contributed by atoms with Gasteiger partial charge >= 0.3 is 5.24 Å². The minimum atomic E-state index is 0.145. The molecule has 0 atom stereocenters. The standard InChI is InChI=1S/C6H13NOS3/c1-4-5-11-6(8)7(9-2)10-3/h4-5H2,1-3H3. The van der Waals surface area contributed by atoms with Gasteiger partial charge in [-0.25, -0.2) is 3.71 Å². The van der Waals surface area contributed by atoms with Crippen LogP contribution < -0.4 is 0 Å². The zero-order chi connectivity index (χ0) is 8.69. The van der Waals surface area contributed by atoms with E-state index in [4.69, 9.17) is 0 Å². The van der Waals surface area contributed by atoms with Crippen LogP contribution in [-0.2, 0) is 0 Å². The Balaban J connectivity index is 3.61. The largest absolute Gasteiger partial charge is 0.301 e. The molecule has 0 aliphatic rings. The van der Waals surface area contributed by atoms with E-state index < -0.39 is 0 Å². The summed E-state index contributed by atoms with van der Waals surface area (Å²) >= 11 is 4.29. The number of carbonyl (C=O) groups excluding carboxylic acids is 1. The second-order valence-corrected chi connectivity index (χ2v) is 4.47. The van der Waals surface area contributed by atoms with E-state index in [2.05, 4.69) is 6.92 Å². The number of rotatable bonds is 4. The maximum atomic E-state index is 11.2. The summed E-state index contributed by atoms with van der Waals surface area (Å²) in [6, 6.07) is 0. The van der Waals surface area contributed by atoms with Crippen molar-refractivity contribution in [1.29, 1.82) is 0 Å². The summed E-state index contributed by atoms with van der Waals surface area (Å²) in [5.41, 5.74) is 0. The average Bonchev–Trinajstić information content (AvgIpc) is 2.03. The predicted molar refractivity (Wildman–Crippen MR) is 57.0 cm³/mol. The molecule has 0 rings (SSSR count). The summed E-state index contributed by atoms with van der Waals surface area (Å²) in [7, 11) is 0. The monoisotopic (exact) mass is 211 g/mol. The molecule has 1 amide bonds. The number of nitrogens with zero attached hydrogens (tertiary/aromatic N) is 1. The number of hydrogen-bond donors (Lipinski definition) is 0. The van der Waals surface area contributed by atoms with Crippen molar-refractivity contribution in [3.05, 3.63) is 0 Å². The van der Waals surface area contributed by atoms with Gasteiger partial charge in [0.2, 0.25) is 0 Å². The zero-order valence-corrected chi connectivity index (χ0v) is 9.44. The summed E-state index contributed by atoms with van der Waals surface area (Å²) < 4.78 is 1.68. The van der Waals surface area contributed by atoms with Gasteiger partial charge in [0.1, 0.15) is 0 Å². The molecule has 2 nitrogen and oxygen atoms in total. The fourth-order valence-electron chi connectivity index (χ4n) is 0.466. The Labute approximate surface area is 81.1 Å². The second-order valence-electron chi connectivity index (χ2n) is 1.74. The predicted octanol–water partition coefficient (Wildman–Crippen LogP) is 3.11. The lowest BCUT2D eigenvalue weighted by atomic mass is 10.6. The van der Waals surface area contributed by atoms with E-state index in [-0.39, 0.29) is 5.24 Å². The summed E-state index contributed by atoms with van der Waals surface area (Å²) in [5, 5.41) is 0.145. The van der Waals surface area contributed by atoms with Crippen LogP contribution in [0.3, 0.4) is 0 Å². The topological polar surface area (TPSA) is 20.3 Å². The van der Waals surface area contributed by atoms with Gasteiger partial charge in [0.15, 0.2) is 0 Å². The van der Waals surface area contributed by atoms with Gasteiger partial charge in [0, 0.05) is 18.3 Å². The van der Waals surface area contributed by atoms with Crippen LogP contribution in [-0.4, -0.2) is 27.2 Å². The fourth-order valence-corrected chi connectivity index (χ4v) is 2.61. The molecule has 5 heteroatoms. The Morgan fingerprint density at radius 3 is 2.27 bits per heavy atom. The van der Waals surface area contributed by atoms with E-state index in [9.17, 15) is 4.79 Å². The van der Waals surface area contributed by atoms with Gasteiger partial charge in [0.25, 0.3) is 0 Å². The number of amides is 1. The third-order valence-electron chi connectivity index (χ3n) is 0.910. The molecule has 66 valence electrons. The van der Waals surface area contributed by atoms with E-state index in [1.54, 1.807) is 3.71 Å². The first-order valence-electron chi connectivity index (χ1n) is 3.31.